The van der Waals surface area contributed by atoms with Crippen molar-refractivity contribution < 1.29 is 22.3 Å². The van der Waals surface area contributed by atoms with Crippen LogP contribution in [-0.2, 0) is 10.0 Å². The first-order valence-electron chi connectivity index (χ1n) is 8.20. The third-order valence-corrected chi connectivity index (χ3v) is 6.27. The third kappa shape index (κ3) is 3.52. The zero-order valence-electron chi connectivity index (χ0n) is 14.5. The van der Waals surface area contributed by atoms with Crippen molar-refractivity contribution in [1.29, 1.82) is 0 Å². The fourth-order valence-corrected chi connectivity index (χ4v) is 4.67. The molecule has 4 rings (SSSR count). The van der Waals surface area contributed by atoms with Crippen LogP contribution in [0.2, 0.25) is 0 Å². The van der Waals surface area contributed by atoms with Gasteiger partial charge in [-0.1, -0.05) is 30.3 Å². The fraction of sp³-hybridized carbons (Fsp3) is 0.118. The van der Waals surface area contributed by atoms with Crippen LogP contribution in [0.3, 0.4) is 0 Å². The third-order valence-electron chi connectivity index (χ3n) is 4.21. The molecule has 1 atom stereocenters. The number of halogens is 1. The van der Waals surface area contributed by atoms with Gasteiger partial charge in [0, 0.05) is 23.7 Å². The molecule has 2 heterocycles. The van der Waals surface area contributed by atoms with Gasteiger partial charge >= 0.3 is 5.76 Å². The van der Waals surface area contributed by atoms with Gasteiger partial charge in [0.2, 0.25) is 5.13 Å². The number of rotatable bonds is 6. The van der Waals surface area contributed by atoms with Gasteiger partial charge in [0.15, 0.2) is 5.58 Å². The number of fused-ring (bicyclic) bond motifs is 1. The molecule has 0 saturated carbocycles. The highest BCUT2D eigenvalue weighted by molar-refractivity contribution is 7.93. The predicted molar refractivity (Wildman–Crippen MR) is 103 cm³/mol. The van der Waals surface area contributed by atoms with E-state index in [1.165, 1.54) is 0 Å². The number of sulfonamides is 1. The second-order valence-electron chi connectivity index (χ2n) is 5.95. The Hall–Kier alpha value is -3.09. The Kier molecular flexibility index (Phi) is 4.90. The SMILES string of the molecule is O=c1oc2cc(S(=O)(=O)Nc3ncns3)c(F)cc2n1[C@H](CO)c1ccccc1. The molecule has 0 aliphatic rings. The first-order chi connectivity index (χ1) is 13.9. The highest BCUT2D eigenvalue weighted by Crippen LogP contribution is 2.27. The molecule has 0 saturated heterocycles. The van der Waals surface area contributed by atoms with E-state index in [0.717, 1.165) is 34.6 Å². The van der Waals surface area contributed by atoms with E-state index < -0.39 is 39.1 Å². The van der Waals surface area contributed by atoms with Crippen molar-refractivity contribution >= 4 is 37.8 Å². The van der Waals surface area contributed by atoms with E-state index in [0.29, 0.717) is 5.56 Å². The number of oxazole rings is 1. The van der Waals surface area contributed by atoms with Crippen molar-refractivity contribution in [2.75, 3.05) is 11.3 Å². The Labute approximate surface area is 167 Å². The lowest BCUT2D eigenvalue weighted by molar-refractivity contribution is 0.245. The van der Waals surface area contributed by atoms with Gasteiger partial charge in [-0.25, -0.2) is 22.6 Å². The number of hydrogen-bond donors (Lipinski definition) is 2. The quantitative estimate of drug-likeness (QED) is 0.473. The van der Waals surface area contributed by atoms with E-state index in [4.69, 9.17) is 4.42 Å². The summed E-state index contributed by atoms with van der Waals surface area (Å²) in [5, 5.41) is 9.78. The lowest BCUT2D eigenvalue weighted by Crippen LogP contribution is -2.24. The molecule has 2 aromatic carbocycles. The van der Waals surface area contributed by atoms with Gasteiger partial charge in [-0.05, 0) is 5.56 Å². The number of aliphatic hydroxyl groups is 1. The van der Waals surface area contributed by atoms with E-state index in [-0.39, 0.29) is 16.2 Å². The Morgan fingerprint density at radius 2 is 2.03 bits per heavy atom. The molecule has 0 aliphatic carbocycles. The van der Waals surface area contributed by atoms with Gasteiger partial charge < -0.3 is 9.52 Å². The van der Waals surface area contributed by atoms with Crippen LogP contribution in [0, 0.1) is 5.82 Å². The molecule has 0 unspecified atom stereocenters. The Morgan fingerprint density at radius 3 is 2.69 bits per heavy atom. The van der Waals surface area contributed by atoms with Gasteiger partial charge in [-0.3, -0.25) is 9.29 Å². The van der Waals surface area contributed by atoms with E-state index in [1.54, 1.807) is 30.3 Å². The minimum Gasteiger partial charge on any atom is -0.408 e. The van der Waals surface area contributed by atoms with Crippen LogP contribution in [0.1, 0.15) is 11.6 Å². The smallest absolute Gasteiger partial charge is 0.408 e. The average molecular weight is 436 g/mol. The number of aliphatic hydroxyl groups excluding tert-OH is 1. The van der Waals surface area contributed by atoms with Gasteiger partial charge in [-0.15, -0.1) is 0 Å². The summed E-state index contributed by atoms with van der Waals surface area (Å²) in [6.07, 6.45) is 1.15. The van der Waals surface area contributed by atoms with Crippen LogP contribution in [-0.4, -0.2) is 34.1 Å². The van der Waals surface area contributed by atoms with Crippen molar-refractivity contribution in [3.63, 3.8) is 0 Å². The maximum atomic E-state index is 14.7. The standard InChI is InChI=1S/C17H13FN4O5S2/c18-11-6-12-14(7-15(11)29(25,26)21-16-19-9-20-28-16)27-17(24)22(12)13(8-23)10-4-2-1-3-5-10/h1-7,9,13,23H,8H2,(H,19,20,21)/t13-/m1/s1. The van der Waals surface area contributed by atoms with Crippen LogP contribution in [0.4, 0.5) is 9.52 Å². The highest BCUT2D eigenvalue weighted by Gasteiger charge is 2.26. The number of nitrogens with one attached hydrogen (secondary N) is 1. The molecule has 0 spiro atoms. The van der Waals surface area contributed by atoms with Gasteiger partial charge in [0.1, 0.15) is 17.0 Å². The maximum absolute atomic E-state index is 14.7. The number of benzene rings is 2. The Morgan fingerprint density at radius 1 is 1.28 bits per heavy atom. The molecule has 150 valence electrons. The molecule has 0 bridgehead atoms. The van der Waals surface area contributed by atoms with Crippen molar-refractivity contribution in [1.82, 2.24) is 13.9 Å². The minimum atomic E-state index is -4.32. The topological polar surface area (TPSA) is 127 Å². The summed E-state index contributed by atoms with van der Waals surface area (Å²) < 4.78 is 51.7. The van der Waals surface area contributed by atoms with Crippen LogP contribution < -0.4 is 10.5 Å². The number of hydrogen-bond acceptors (Lipinski definition) is 8. The largest absolute Gasteiger partial charge is 0.420 e. The van der Waals surface area contributed by atoms with E-state index >= 15 is 0 Å². The minimum absolute atomic E-state index is 0.0188. The molecule has 2 aromatic heterocycles. The molecule has 29 heavy (non-hydrogen) atoms. The molecule has 4 aromatic rings. The summed E-state index contributed by atoms with van der Waals surface area (Å²) in [6, 6.07) is 9.62. The van der Waals surface area contributed by atoms with Crippen molar-refractivity contribution in [2.24, 2.45) is 0 Å². The van der Waals surface area contributed by atoms with Crippen LogP contribution in [0.5, 0.6) is 0 Å². The second-order valence-corrected chi connectivity index (χ2v) is 8.38. The molecule has 0 fully saturated rings. The molecule has 2 N–H and O–H groups in total. The summed E-state index contributed by atoms with van der Waals surface area (Å²) in [4.78, 5) is 15.4. The van der Waals surface area contributed by atoms with Crippen molar-refractivity contribution in [3.05, 3.63) is 70.7 Å². The van der Waals surface area contributed by atoms with Gasteiger partial charge in [0.05, 0.1) is 18.2 Å². The second kappa shape index (κ2) is 7.39. The Balaban J connectivity index is 1.84. The van der Waals surface area contributed by atoms with Crippen LogP contribution in [0.15, 0.2) is 62.9 Å². The van der Waals surface area contributed by atoms with Crippen molar-refractivity contribution in [2.45, 2.75) is 10.9 Å². The number of anilines is 1. The van der Waals surface area contributed by atoms with E-state index in [1.807, 2.05) is 0 Å². The molecular weight excluding hydrogens is 423 g/mol. The monoisotopic (exact) mass is 436 g/mol. The average Bonchev–Trinajstić information content (AvgIpc) is 3.30. The zero-order valence-corrected chi connectivity index (χ0v) is 16.2. The lowest BCUT2D eigenvalue weighted by Gasteiger charge is -2.16. The highest BCUT2D eigenvalue weighted by atomic mass is 32.2. The summed E-state index contributed by atoms with van der Waals surface area (Å²) in [7, 11) is -4.32. The molecular formula is C17H13FN4O5S2. The molecule has 12 heteroatoms. The first kappa shape index (κ1) is 19.2. The fourth-order valence-electron chi connectivity index (χ4n) is 2.94. The molecule has 0 amide bonds. The first-order valence-corrected chi connectivity index (χ1v) is 10.5. The van der Waals surface area contributed by atoms with Crippen LogP contribution >= 0.6 is 11.5 Å². The predicted octanol–water partition coefficient (Wildman–Crippen LogP) is 1.97. The molecule has 9 nitrogen and oxygen atoms in total. The normalized spacial score (nSPS) is 12.9. The van der Waals surface area contributed by atoms with Gasteiger partial charge in [-0.2, -0.15) is 4.37 Å². The summed E-state index contributed by atoms with van der Waals surface area (Å²) in [5.74, 6) is -1.94. The molecule has 0 aliphatic heterocycles. The maximum Gasteiger partial charge on any atom is 0.420 e. The van der Waals surface area contributed by atoms with Crippen molar-refractivity contribution in [3.8, 4) is 0 Å². The summed E-state index contributed by atoms with van der Waals surface area (Å²) in [6.45, 7) is -0.446. The van der Waals surface area contributed by atoms with Gasteiger partial charge in [0.25, 0.3) is 10.0 Å². The zero-order chi connectivity index (χ0) is 20.6. The summed E-state index contributed by atoms with van der Waals surface area (Å²) >= 11 is 0.786. The Bertz CT molecular complexity index is 1320. The number of aromatic nitrogens is 3. The molecule has 0 radical (unpaired) electrons. The summed E-state index contributed by atoms with van der Waals surface area (Å²) in [5.41, 5.74) is 0.489. The van der Waals surface area contributed by atoms with E-state index in [2.05, 4.69) is 14.1 Å². The number of nitrogens with zero attached hydrogens (tertiary/aromatic N) is 3. The van der Waals surface area contributed by atoms with Crippen LogP contribution in [0.25, 0.3) is 11.1 Å². The lowest BCUT2D eigenvalue weighted by atomic mass is 10.1. The van der Waals surface area contributed by atoms with E-state index in [9.17, 15) is 22.7 Å².